The van der Waals surface area contributed by atoms with Gasteiger partial charge in [0.1, 0.15) is 0 Å². The Kier molecular flexibility index (Phi) is 3.64. The Morgan fingerprint density at radius 3 is 2.65 bits per heavy atom. The van der Waals surface area contributed by atoms with Gasteiger partial charge in [-0.05, 0) is 53.0 Å². The molecule has 3 nitrogen and oxygen atoms in total. The predicted molar refractivity (Wildman–Crippen MR) is 73.1 cm³/mol. The lowest BCUT2D eigenvalue weighted by atomic mass is 10.0. The molecule has 1 aliphatic rings. The summed E-state index contributed by atoms with van der Waals surface area (Å²) in [5.41, 5.74) is 3.97. The number of halogens is 1. The number of hydrogen-bond donors (Lipinski definition) is 2. The van der Waals surface area contributed by atoms with Crippen molar-refractivity contribution in [1.82, 2.24) is 5.32 Å². The highest BCUT2D eigenvalue weighted by Crippen LogP contribution is 2.24. The van der Waals surface area contributed by atoms with Gasteiger partial charge in [-0.2, -0.15) is 0 Å². The third kappa shape index (κ3) is 2.76. The van der Waals surface area contributed by atoms with Crippen LogP contribution in [0.5, 0.6) is 0 Å². The van der Waals surface area contributed by atoms with Crippen LogP contribution in [0.4, 0.5) is 5.69 Å². The summed E-state index contributed by atoms with van der Waals surface area (Å²) in [6, 6.07) is 5.88. The molecule has 1 fully saturated rings. The summed E-state index contributed by atoms with van der Waals surface area (Å²) in [6.07, 6.45) is 0. The molecule has 2 N–H and O–H groups in total. The number of anilines is 1. The van der Waals surface area contributed by atoms with Crippen molar-refractivity contribution < 1.29 is 4.79 Å². The van der Waals surface area contributed by atoms with Crippen LogP contribution in [-0.4, -0.2) is 19.0 Å². The number of aryl methyl sites for hydroxylation is 1. The Bertz CT molecular complexity index is 488. The second kappa shape index (κ2) is 5.02. The van der Waals surface area contributed by atoms with Gasteiger partial charge in [0.05, 0.1) is 5.69 Å². The molecule has 1 aromatic carbocycles. The van der Waals surface area contributed by atoms with Crippen LogP contribution >= 0.6 is 15.9 Å². The fraction of sp³-hybridized carbons (Fsp3) is 0.308. The number of rotatable bonds is 2. The van der Waals surface area contributed by atoms with E-state index in [4.69, 9.17) is 0 Å². The Labute approximate surface area is 109 Å². The largest absolute Gasteiger partial charge is 0.321 e. The van der Waals surface area contributed by atoms with Gasteiger partial charge in [0, 0.05) is 23.1 Å². The predicted octanol–water partition coefficient (Wildman–Crippen LogP) is 2.62. The monoisotopic (exact) mass is 294 g/mol. The first-order valence-corrected chi connectivity index (χ1v) is 6.34. The average Bonchev–Trinajstić information content (AvgIpc) is 2.19. The van der Waals surface area contributed by atoms with Crippen molar-refractivity contribution in [2.24, 2.45) is 0 Å². The molecule has 0 saturated carbocycles. The Morgan fingerprint density at radius 2 is 2.12 bits per heavy atom. The lowest BCUT2D eigenvalue weighted by Gasteiger charge is -2.21. The van der Waals surface area contributed by atoms with Gasteiger partial charge in [-0.3, -0.25) is 4.79 Å². The molecule has 1 amide bonds. The maximum absolute atomic E-state index is 12.0. The number of carbonyl (C=O) groups is 1. The number of nitrogens with one attached hydrogen (secondary N) is 2. The summed E-state index contributed by atoms with van der Waals surface area (Å²) in [5, 5.41) is 6.05. The first-order chi connectivity index (χ1) is 8.08. The molecule has 90 valence electrons. The van der Waals surface area contributed by atoms with Gasteiger partial charge in [-0.1, -0.05) is 6.07 Å². The van der Waals surface area contributed by atoms with Crippen LogP contribution in [0.3, 0.4) is 0 Å². The highest BCUT2D eigenvalue weighted by molar-refractivity contribution is 9.10. The summed E-state index contributed by atoms with van der Waals surface area (Å²) in [5.74, 6) is -0.0222. The lowest BCUT2D eigenvalue weighted by Crippen LogP contribution is -2.36. The minimum Gasteiger partial charge on any atom is -0.321 e. The topological polar surface area (TPSA) is 41.1 Å². The van der Waals surface area contributed by atoms with Crippen molar-refractivity contribution in [1.29, 1.82) is 0 Å². The van der Waals surface area contributed by atoms with Crippen molar-refractivity contribution in [3.63, 3.8) is 0 Å². The van der Waals surface area contributed by atoms with Crippen LogP contribution in [0, 0.1) is 6.92 Å². The van der Waals surface area contributed by atoms with E-state index in [1.54, 1.807) is 0 Å². The Balaban J connectivity index is 2.13. The summed E-state index contributed by atoms with van der Waals surface area (Å²) in [6.45, 7) is 5.54. The minimum atomic E-state index is -0.0222. The third-order valence-corrected chi connectivity index (χ3v) is 3.58. The highest BCUT2D eigenvalue weighted by Gasteiger charge is 2.16. The van der Waals surface area contributed by atoms with E-state index in [0.29, 0.717) is 0 Å². The second-order valence-corrected chi connectivity index (χ2v) is 5.12. The Hall–Kier alpha value is -1.13. The van der Waals surface area contributed by atoms with Gasteiger partial charge >= 0.3 is 0 Å². The summed E-state index contributed by atoms with van der Waals surface area (Å²) < 4.78 is 0.912. The zero-order valence-electron chi connectivity index (χ0n) is 9.93. The summed E-state index contributed by atoms with van der Waals surface area (Å²) >= 11 is 3.45. The van der Waals surface area contributed by atoms with Crippen molar-refractivity contribution >= 4 is 27.5 Å². The average molecular weight is 295 g/mol. The van der Waals surface area contributed by atoms with Crippen molar-refractivity contribution in [3.05, 3.63) is 39.4 Å². The Morgan fingerprint density at radius 1 is 1.41 bits per heavy atom. The lowest BCUT2D eigenvalue weighted by molar-refractivity contribution is -0.112. The molecule has 2 rings (SSSR count). The van der Waals surface area contributed by atoms with E-state index < -0.39 is 0 Å². The van der Waals surface area contributed by atoms with Gasteiger partial charge in [-0.15, -0.1) is 0 Å². The molecule has 1 aromatic rings. The van der Waals surface area contributed by atoms with Crippen LogP contribution in [0.15, 0.2) is 33.8 Å². The van der Waals surface area contributed by atoms with Crippen LogP contribution in [-0.2, 0) is 4.79 Å². The number of benzene rings is 1. The van der Waals surface area contributed by atoms with E-state index in [1.807, 2.05) is 32.0 Å². The molecule has 0 bridgehead atoms. The van der Waals surface area contributed by atoms with Gasteiger partial charge in [-0.25, -0.2) is 0 Å². The molecule has 1 aliphatic heterocycles. The summed E-state index contributed by atoms with van der Waals surface area (Å²) in [4.78, 5) is 12.0. The number of amides is 1. The quantitative estimate of drug-likeness (QED) is 0.824. The van der Waals surface area contributed by atoms with Gasteiger partial charge in [0.25, 0.3) is 5.91 Å². The SMILES string of the molecule is CC(C(=O)Nc1ccc(C)cc1Br)=C1CNC1. The van der Waals surface area contributed by atoms with Crippen LogP contribution in [0.1, 0.15) is 12.5 Å². The van der Waals surface area contributed by atoms with Crippen molar-refractivity contribution in [3.8, 4) is 0 Å². The minimum absolute atomic E-state index is 0.0222. The van der Waals surface area contributed by atoms with Gasteiger partial charge < -0.3 is 10.6 Å². The first kappa shape index (κ1) is 12.3. The van der Waals surface area contributed by atoms with E-state index in [-0.39, 0.29) is 5.91 Å². The number of hydrogen-bond acceptors (Lipinski definition) is 2. The second-order valence-electron chi connectivity index (χ2n) is 4.27. The molecular weight excluding hydrogens is 280 g/mol. The molecule has 4 heteroatoms. The molecule has 17 heavy (non-hydrogen) atoms. The fourth-order valence-electron chi connectivity index (χ4n) is 1.61. The maximum atomic E-state index is 12.0. The fourth-order valence-corrected chi connectivity index (χ4v) is 2.21. The molecule has 0 unspecified atom stereocenters. The highest BCUT2D eigenvalue weighted by atomic mass is 79.9. The van der Waals surface area contributed by atoms with Crippen LogP contribution in [0.25, 0.3) is 0 Å². The van der Waals surface area contributed by atoms with E-state index in [1.165, 1.54) is 5.57 Å². The molecule has 0 aromatic heterocycles. The summed E-state index contributed by atoms with van der Waals surface area (Å²) in [7, 11) is 0. The van der Waals surface area contributed by atoms with E-state index in [2.05, 4.69) is 26.6 Å². The van der Waals surface area contributed by atoms with E-state index in [9.17, 15) is 4.79 Å². The molecule has 1 heterocycles. The number of carbonyl (C=O) groups excluding carboxylic acids is 1. The van der Waals surface area contributed by atoms with Crippen molar-refractivity contribution in [2.45, 2.75) is 13.8 Å². The molecule has 0 aliphatic carbocycles. The molecule has 0 spiro atoms. The maximum Gasteiger partial charge on any atom is 0.251 e. The van der Waals surface area contributed by atoms with Crippen LogP contribution < -0.4 is 10.6 Å². The molecule has 0 atom stereocenters. The zero-order valence-corrected chi connectivity index (χ0v) is 11.5. The third-order valence-electron chi connectivity index (χ3n) is 2.92. The standard InChI is InChI=1S/C13H15BrN2O/c1-8-3-4-12(11(14)5-8)16-13(17)9(2)10-6-15-7-10/h3-5,15H,6-7H2,1-2H3,(H,16,17). The van der Waals surface area contributed by atoms with Crippen molar-refractivity contribution in [2.75, 3.05) is 18.4 Å². The molecule has 0 radical (unpaired) electrons. The van der Waals surface area contributed by atoms with E-state index >= 15 is 0 Å². The molecule has 1 saturated heterocycles. The molecular formula is C13H15BrN2O. The first-order valence-electron chi connectivity index (χ1n) is 5.55. The smallest absolute Gasteiger partial charge is 0.251 e. The zero-order chi connectivity index (χ0) is 12.4. The van der Waals surface area contributed by atoms with E-state index in [0.717, 1.165) is 34.4 Å². The van der Waals surface area contributed by atoms with Gasteiger partial charge in [0.15, 0.2) is 0 Å². The normalized spacial score (nSPS) is 14.2. The van der Waals surface area contributed by atoms with Gasteiger partial charge in [0.2, 0.25) is 0 Å². The van der Waals surface area contributed by atoms with Crippen LogP contribution in [0.2, 0.25) is 0 Å².